The molecule has 112 valence electrons. The molecule has 1 nitrogen and oxygen atoms in total. The minimum absolute atomic E-state index is 0.0989. The maximum Gasteiger partial charge on any atom is 0.137 e. The molecule has 0 aliphatic heterocycles. The Balaban J connectivity index is 2.35. The van der Waals surface area contributed by atoms with Gasteiger partial charge in [-0.3, -0.25) is 0 Å². The molecule has 0 fully saturated rings. The normalized spacial score (nSPS) is 12.4. The first-order chi connectivity index (χ1) is 10.0. The molecule has 0 amide bonds. The standard InChI is InChI=1S/C16H15Br2F2N/c1-2-21-14(11-6-4-8-13(20)16(11)18)9-10-5-3-7-12(19)15(10)17/h3-8,14,21H,2,9H2,1H3. The fourth-order valence-electron chi connectivity index (χ4n) is 2.25. The van der Waals surface area contributed by atoms with Crippen molar-refractivity contribution < 1.29 is 8.78 Å². The van der Waals surface area contributed by atoms with Gasteiger partial charge in [-0.1, -0.05) is 31.2 Å². The molecule has 0 spiro atoms. The van der Waals surface area contributed by atoms with Crippen molar-refractivity contribution in [2.45, 2.75) is 19.4 Å². The Morgan fingerprint density at radius 2 is 1.62 bits per heavy atom. The summed E-state index contributed by atoms with van der Waals surface area (Å²) in [5.74, 6) is -0.588. The van der Waals surface area contributed by atoms with E-state index in [1.807, 2.05) is 19.1 Å². The van der Waals surface area contributed by atoms with Crippen molar-refractivity contribution in [3.8, 4) is 0 Å². The molecule has 0 aliphatic carbocycles. The molecular weight excluding hydrogens is 404 g/mol. The van der Waals surface area contributed by atoms with Crippen LogP contribution in [0.25, 0.3) is 0 Å². The van der Waals surface area contributed by atoms with Gasteiger partial charge in [-0.15, -0.1) is 0 Å². The van der Waals surface area contributed by atoms with E-state index < -0.39 is 0 Å². The van der Waals surface area contributed by atoms with Crippen LogP contribution in [0.15, 0.2) is 45.3 Å². The second-order valence-corrected chi connectivity index (χ2v) is 6.26. The van der Waals surface area contributed by atoms with Gasteiger partial charge in [-0.2, -0.15) is 0 Å². The molecule has 0 aliphatic rings. The second kappa shape index (κ2) is 7.47. The zero-order chi connectivity index (χ0) is 15.4. The Kier molecular flexibility index (Phi) is 5.90. The Hall–Kier alpha value is -0.780. The number of nitrogens with one attached hydrogen (secondary N) is 1. The van der Waals surface area contributed by atoms with Gasteiger partial charge in [0.1, 0.15) is 11.6 Å². The zero-order valence-electron chi connectivity index (χ0n) is 11.5. The van der Waals surface area contributed by atoms with Gasteiger partial charge in [0, 0.05) is 6.04 Å². The van der Waals surface area contributed by atoms with Gasteiger partial charge >= 0.3 is 0 Å². The van der Waals surface area contributed by atoms with Gasteiger partial charge in [0.25, 0.3) is 0 Å². The highest BCUT2D eigenvalue weighted by molar-refractivity contribution is 9.10. The maximum absolute atomic E-state index is 13.7. The van der Waals surface area contributed by atoms with Gasteiger partial charge < -0.3 is 5.32 Å². The summed E-state index contributed by atoms with van der Waals surface area (Å²) >= 11 is 6.57. The van der Waals surface area contributed by atoms with Crippen LogP contribution in [-0.2, 0) is 6.42 Å². The fraction of sp³-hybridized carbons (Fsp3) is 0.250. The Labute approximate surface area is 140 Å². The molecule has 0 bridgehead atoms. The molecule has 1 unspecified atom stereocenters. The highest BCUT2D eigenvalue weighted by atomic mass is 79.9. The van der Waals surface area contributed by atoms with E-state index in [4.69, 9.17) is 0 Å². The number of rotatable bonds is 5. The quantitative estimate of drug-likeness (QED) is 0.686. The van der Waals surface area contributed by atoms with Crippen molar-refractivity contribution in [2.75, 3.05) is 6.54 Å². The van der Waals surface area contributed by atoms with Crippen LogP contribution in [0.1, 0.15) is 24.1 Å². The van der Waals surface area contributed by atoms with E-state index in [-0.39, 0.29) is 17.7 Å². The minimum Gasteiger partial charge on any atom is -0.310 e. The smallest absolute Gasteiger partial charge is 0.137 e. The van der Waals surface area contributed by atoms with Crippen LogP contribution >= 0.6 is 31.9 Å². The molecule has 2 aromatic rings. The molecule has 2 aromatic carbocycles. The molecule has 0 heterocycles. The lowest BCUT2D eigenvalue weighted by Crippen LogP contribution is -2.23. The van der Waals surface area contributed by atoms with Crippen molar-refractivity contribution in [3.63, 3.8) is 0 Å². The molecule has 0 aromatic heterocycles. The third kappa shape index (κ3) is 3.90. The maximum atomic E-state index is 13.7. The Bertz CT molecular complexity index is 632. The van der Waals surface area contributed by atoms with Gasteiger partial charge in [-0.25, -0.2) is 8.78 Å². The summed E-state index contributed by atoms with van der Waals surface area (Å²) in [5, 5.41) is 3.32. The first-order valence-corrected chi connectivity index (χ1v) is 8.23. The van der Waals surface area contributed by atoms with E-state index in [1.54, 1.807) is 12.1 Å². The molecule has 0 saturated heterocycles. The molecule has 1 N–H and O–H groups in total. The van der Waals surface area contributed by atoms with E-state index in [9.17, 15) is 8.78 Å². The summed E-state index contributed by atoms with van der Waals surface area (Å²) in [6.45, 7) is 2.72. The second-order valence-electron chi connectivity index (χ2n) is 4.67. The number of likely N-dealkylation sites (N-methyl/N-ethyl adjacent to an activating group) is 1. The lowest BCUT2D eigenvalue weighted by molar-refractivity contribution is 0.534. The van der Waals surface area contributed by atoms with Crippen LogP contribution in [0.5, 0.6) is 0 Å². The van der Waals surface area contributed by atoms with Crippen molar-refractivity contribution in [1.82, 2.24) is 5.32 Å². The monoisotopic (exact) mass is 417 g/mol. The van der Waals surface area contributed by atoms with Crippen molar-refractivity contribution >= 4 is 31.9 Å². The predicted octanol–water partition coefficient (Wildman–Crippen LogP) is 5.38. The largest absolute Gasteiger partial charge is 0.310 e. The summed E-state index contributed by atoms with van der Waals surface area (Å²) in [7, 11) is 0. The van der Waals surface area contributed by atoms with E-state index >= 15 is 0 Å². The average Bonchev–Trinajstić information content (AvgIpc) is 2.46. The van der Waals surface area contributed by atoms with Crippen LogP contribution in [0.3, 0.4) is 0 Å². The molecule has 1 atom stereocenters. The first-order valence-electron chi connectivity index (χ1n) is 6.64. The summed E-state index contributed by atoms with van der Waals surface area (Å²) in [5.41, 5.74) is 1.67. The van der Waals surface area contributed by atoms with Crippen LogP contribution in [0, 0.1) is 11.6 Å². The predicted molar refractivity (Wildman–Crippen MR) is 88.3 cm³/mol. The molecule has 21 heavy (non-hydrogen) atoms. The van der Waals surface area contributed by atoms with E-state index in [0.717, 1.165) is 17.7 Å². The SMILES string of the molecule is CCNC(Cc1cccc(F)c1Br)c1cccc(F)c1Br. The highest BCUT2D eigenvalue weighted by Crippen LogP contribution is 2.31. The molecule has 0 radical (unpaired) electrons. The third-order valence-corrected chi connectivity index (χ3v) is 4.99. The third-order valence-electron chi connectivity index (χ3n) is 3.26. The van der Waals surface area contributed by atoms with Crippen molar-refractivity contribution in [2.24, 2.45) is 0 Å². The summed E-state index contributed by atoms with van der Waals surface area (Å²) in [6.07, 6.45) is 0.564. The van der Waals surface area contributed by atoms with Crippen LogP contribution < -0.4 is 5.32 Å². The summed E-state index contributed by atoms with van der Waals surface area (Å²) < 4.78 is 28.2. The van der Waals surface area contributed by atoms with Gasteiger partial charge in [0.05, 0.1) is 8.95 Å². The number of benzene rings is 2. The number of hydrogen-bond donors (Lipinski definition) is 1. The van der Waals surface area contributed by atoms with Crippen molar-refractivity contribution in [3.05, 3.63) is 68.1 Å². The molecular formula is C16H15Br2F2N. The minimum atomic E-state index is -0.297. The zero-order valence-corrected chi connectivity index (χ0v) is 14.6. The van der Waals surface area contributed by atoms with E-state index in [0.29, 0.717) is 15.4 Å². The van der Waals surface area contributed by atoms with Crippen LogP contribution in [0.2, 0.25) is 0 Å². The summed E-state index contributed by atoms with van der Waals surface area (Å²) in [4.78, 5) is 0. The lowest BCUT2D eigenvalue weighted by atomic mass is 9.98. The van der Waals surface area contributed by atoms with Crippen LogP contribution in [0.4, 0.5) is 8.78 Å². The van der Waals surface area contributed by atoms with Crippen LogP contribution in [-0.4, -0.2) is 6.54 Å². The first kappa shape index (κ1) is 16.6. The van der Waals surface area contributed by atoms with E-state index in [1.165, 1.54) is 12.1 Å². The topological polar surface area (TPSA) is 12.0 Å². The lowest BCUT2D eigenvalue weighted by Gasteiger charge is -2.21. The number of hydrogen-bond acceptors (Lipinski definition) is 1. The number of halogens is 4. The van der Waals surface area contributed by atoms with Gasteiger partial charge in [-0.05, 0) is 68.1 Å². The Morgan fingerprint density at radius 3 is 2.29 bits per heavy atom. The fourth-order valence-corrected chi connectivity index (χ4v) is 3.22. The summed E-state index contributed by atoms with van der Waals surface area (Å²) in [6, 6.07) is 9.82. The molecule has 5 heteroatoms. The Morgan fingerprint density at radius 1 is 1.00 bits per heavy atom. The van der Waals surface area contributed by atoms with Gasteiger partial charge in [0.15, 0.2) is 0 Å². The molecule has 0 saturated carbocycles. The van der Waals surface area contributed by atoms with E-state index in [2.05, 4.69) is 37.2 Å². The van der Waals surface area contributed by atoms with Gasteiger partial charge in [0.2, 0.25) is 0 Å². The highest BCUT2D eigenvalue weighted by Gasteiger charge is 2.18. The average molecular weight is 419 g/mol. The van der Waals surface area contributed by atoms with Crippen molar-refractivity contribution in [1.29, 1.82) is 0 Å². The molecule has 2 rings (SSSR count).